The summed E-state index contributed by atoms with van der Waals surface area (Å²) in [5.41, 5.74) is 23.3. The minimum atomic E-state index is -0.0966. The summed E-state index contributed by atoms with van der Waals surface area (Å²) < 4.78 is 2.85. The van der Waals surface area contributed by atoms with Gasteiger partial charge in [-0.15, -0.1) is 11.3 Å². The van der Waals surface area contributed by atoms with Crippen molar-refractivity contribution in [2.45, 2.75) is 206 Å². The van der Waals surface area contributed by atoms with Crippen molar-refractivity contribution < 1.29 is 0 Å². The van der Waals surface area contributed by atoms with Gasteiger partial charge in [-0.2, -0.15) is 0 Å². The molecule has 0 saturated carbocycles. The highest BCUT2D eigenvalue weighted by Crippen LogP contribution is 2.55. The largest absolute Gasteiger partial charge is 0.311 e. The number of fused-ring (bicyclic) bond motifs is 9. The summed E-state index contributed by atoms with van der Waals surface area (Å²) in [6, 6.07) is 33.3. The van der Waals surface area contributed by atoms with Gasteiger partial charge < -0.3 is 9.80 Å². The van der Waals surface area contributed by atoms with Crippen molar-refractivity contribution in [3.8, 4) is 0 Å². The Labute approximate surface area is 415 Å². The molecule has 3 heterocycles. The van der Waals surface area contributed by atoms with Crippen molar-refractivity contribution in [2.75, 3.05) is 9.80 Å². The van der Waals surface area contributed by atoms with Gasteiger partial charge in [-0.25, -0.2) is 0 Å². The minimum Gasteiger partial charge on any atom is -0.311 e. The molecule has 5 aromatic carbocycles. The number of hydrogen-bond acceptors (Lipinski definition) is 3. The van der Waals surface area contributed by atoms with Crippen LogP contribution in [0.15, 0.2) is 78.9 Å². The first-order valence-electron chi connectivity index (χ1n) is 26.3. The second-order valence-corrected chi connectivity index (χ2v) is 29.4. The van der Waals surface area contributed by atoms with E-state index in [0.717, 1.165) is 0 Å². The van der Waals surface area contributed by atoms with Gasteiger partial charge in [-0.05, 0) is 192 Å². The van der Waals surface area contributed by atoms with Crippen molar-refractivity contribution in [3.63, 3.8) is 0 Å². The first kappa shape index (κ1) is 46.1. The zero-order chi connectivity index (χ0) is 48.8. The fourth-order valence-electron chi connectivity index (χ4n) is 13.4. The maximum absolute atomic E-state index is 2.76. The molecule has 0 fully saturated rings. The molecule has 0 amide bonds. The molecule has 2 nitrogen and oxygen atoms in total. The minimum absolute atomic E-state index is 0.0163. The monoisotopic (exact) mass is 919 g/mol. The van der Waals surface area contributed by atoms with E-state index in [1.807, 2.05) is 0 Å². The molecule has 4 heteroatoms. The Balaban J connectivity index is 1.30. The maximum Gasteiger partial charge on any atom is 0.264 e. The Bertz CT molecular complexity index is 3120. The fourth-order valence-corrected chi connectivity index (χ4v) is 14.7. The quantitative estimate of drug-likeness (QED) is 0.159. The number of thiophene rings is 1. The molecule has 0 N–H and O–H groups in total. The topological polar surface area (TPSA) is 6.48 Å². The smallest absolute Gasteiger partial charge is 0.264 e. The Morgan fingerprint density at radius 2 is 0.853 bits per heavy atom. The Morgan fingerprint density at radius 3 is 1.34 bits per heavy atom. The highest BCUT2D eigenvalue weighted by Gasteiger charge is 2.49. The van der Waals surface area contributed by atoms with Gasteiger partial charge in [-0.3, -0.25) is 0 Å². The van der Waals surface area contributed by atoms with Gasteiger partial charge in [0.15, 0.2) is 0 Å². The molecule has 0 spiro atoms. The molecule has 0 radical (unpaired) electrons. The molecule has 11 rings (SSSR count). The van der Waals surface area contributed by atoms with E-state index < -0.39 is 0 Å². The lowest BCUT2D eigenvalue weighted by molar-refractivity contribution is 0.332. The van der Waals surface area contributed by atoms with Gasteiger partial charge in [0, 0.05) is 43.3 Å². The highest BCUT2D eigenvalue weighted by molar-refractivity contribution is 7.33. The van der Waals surface area contributed by atoms with Crippen LogP contribution in [0.4, 0.5) is 34.1 Å². The number of nitrogens with zero attached hydrogens (tertiary/aromatic N) is 2. The summed E-state index contributed by atoms with van der Waals surface area (Å²) in [6.45, 7) is 44.3. The van der Waals surface area contributed by atoms with E-state index in [9.17, 15) is 0 Å². The lowest BCUT2D eigenvalue weighted by Crippen LogP contribution is -2.61. The number of rotatable bonds is 2. The maximum atomic E-state index is 2.76. The molecular weight excluding hydrogens is 840 g/mol. The molecule has 3 aliphatic carbocycles. The molecule has 0 saturated heterocycles. The first-order chi connectivity index (χ1) is 31.4. The molecule has 2 aliphatic heterocycles. The molecule has 0 unspecified atom stereocenters. The number of hydrogen-bond donors (Lipinski definition) is 0. The van der Waals surface area contributed by atoms with Gasteiger partial charge >= 0.3 is 0 Å². The summed E-state index contributed by atoms with van der Waals surface area (Å²) in [6.07, 6.45) is 7.17. The summed E-state index contributed by atoms with van der Waals surface area (Å²) in [7, 11) is 0. The second-order valence-electron chi connectivity index (χ2n) is 28.3. The summed E-state index contributed by atoms with van der Waals surface area (Å²) in [5.74, 6) is 0. The predicted molar refractivity (Wildman–Crippen MR) is 299 cm³/mol. The van der Waals surface area contributed by atoms with Crippen LogP contribution in [-0.2, 0) is 43.3 Å². The average Bonchev–Trinajstić information content (AvgIpc) is 3.63. The van der Waals surface area contributed by atoms with Crippen LogP contribution in [-0.4, -0.2) is 6.71 Å². The van der Waals surface area contributed by atoms with Gasteiger partial charge in [0.1, 0.15) is 0 Å². The second kappa shape index (κ2) is 14.2. The Hall–Kier alpha value is -4.28. The summed E-state index contributed by atoms with van der Waals surface area (Å²) >= 11 is 2.05. The average molecular weight is 919 g/mol. The van der Waals surface area contributed by atoms with Crippen LogP contribution in [0.2, 0.25) is 0 Å². The number of benzene rings is 5. The van der Waals surface area contributed by atoms with Crippen LogP contribution in [0, 0.1) is 0 Å². The molecule has 1 aromatic heterocycles. The first-order valence-corrected chi connectivity index (χ1v) is 27.1. The highest BCUT2D eigenvalue weighted by atomic mass is 32.1. The van der Waals surface area contributed by atoms with E-state index in [4.69, 9.17) is 0 Å². The van der Waals surface area contributed by atoms with E-state index >= 15 is 0 Å². The van der Waals surface area contributed by atoms with Gasteiger partial charge in [0.25, 0.3) is 6.71 Å². The van der Waals surface area contributed by atoms with E-state index in [1.165, 1.54) is 143 Å². The zero-order valence-electron chi connectivity index (χ0n) is 45.1. The molecule has 0 bridgehead atoms. The van der Waals surface area contributed by atoms with Crippen molar-refractivity contribution in [2.24, 2.45) is 0 Å². The molecule has 0 atom stereocenters. The summed E-state index contributed by atoms with van der Waals surface area (Å²) in [5, 5.41) is 1.38. The van der Waals surface area contributed by atoms with Crippen LogP contribution in [0.5, 0.6) is 0 Å². The van der Waals surface area contributed by atoms with Gasteiger partial charge in [-0.1, -0.05) is 149 Å². The number of anilines is 6. The van der Waals surface area contributed by atoms with Gasteiger partial charge in [0.05, 0.1) is 5.69 Å². The fraction of sp³-hybridized carbons (Fsp3) is 0.500. The lowest BCUT2D eigenvalue weighted by Gasteiger charge is -2.48. The third-order valence-corrected chi connectivity index (χ3v) is 19.8. The van der Waals surface area contributed by atoms with Crippen molar-refractivity contribution >= 4 is 78.0 Å². The molecule has 354 valence electrons. The standard InChI is InChI=1S/C64H79BN2S/c1-57(2,3)38-19-24-53-42(31-38)55-56(68-53)65-49-36-47-48(64(17,18)30-29-63(47,15)16)37-50(49)66(40-20-22-43-45(34-40)61(11,12)27-25-59(43,7)8)51-32-39(58(4,5)6)33-52(54(51)65)67(55)41-21-23-44-46(35-41)62(13,14)28-26-60(44,9)10/h19-24,31-37H,25-30H2,1-18H3. The van der Waals surface area contributed by atoms with E-state index in [-0.39, 0.29) is 50.0 Å². The Kier molecular flexibility index (Phi) is 9.63. The van der Waals surface area contributed by atoms with Crippen LogP contribution in [0.25, 0.3) is 10.1 Å². The lowest BCUT2D eigenvalue weighted by atomic mass is 9.35. The van der Waals surface area contributed by atoms with Crippen molar-refractivity contribution in [1.29, 1.82) is 0 Å². The summed E-state index contributed by atoms with van der Waals surface area (Å²) in [4.78, 5) is 5.51. The third-order valence-electron chi connectivity index (χ3n) is 18.6. The van der Waals surface area contributed by atoms with Crippen LogP contribution in [0.3, 0.4) is 0 Å². The normalized spacial score (nSPS) is 21.1. The van der Waals surface area contributed by atoms with Crippen LogP contribution in [0.1, 0.15) is 208 Å². The third kappa shape index (κ3) is 6.74. The zero-order valence-corrected chi connectivity index (χ0v) is 45.9. The Morgan fingerprint density at radius 1 is 0.426 bits per heavy atom. The molecule has 5 aliphatic rings. The van der Waals surface area contributed by atoms with Crippen LogP contribution >= 0.6 is 11.3 Å². The van der Waals surface area contributed by atoms with Crippen molar-refractivity contribution in [1.82, 2.24) is 0 Å². The van der Waals surface area contributed by atoms with Gasteiger partial charge in [0.2, 0.25) is 0 Å². The van der Waals surface area contributed by atoms with E-state index in [2.05, 4.69) is 225 Å². The predicted octanol–water partition coefficient (Wildman–Crippen LogP) is 16.6. The van der Waals surface area contributed by atoms with Crippen molar-refractivity contribution in [3.05, 3.63) is 123 Å². The molecule has 68 heavy (non-hydrogen) atoms. The van der Waals surface area contributed by atoms with E-state index in [0.29, 0.717) is 0 Å². The van der Waals surface area contributed by atoms with E-state index in [1.54, 1.807) is 0 Å². The molecular formula is C64H79BN2S. The SMILES string of the molecule is CC(C)(C)c1cc2c3c(c1)N(c1ccc4c(c1)C(C)(C)CCC4(C)C)c1c(sc4ccc(C(C)(C)C)cc14)B3c1cc3c(cc1N2c1ccc2c(c1)C(C)(C)CCC2(C)C)C(C)(C)CCC3(C)C. The van der Waals surface area contributed by atoms with Crippen LogP contribution < -0.4 is 25.5 Å². The molecule has 6 aromatic rings.